The maximum Gasteiger partial charge on any atom is 0.303 e. The largest absolute Gasteiger partial charge is 0.497 e. The Balaban J connectivity index is 2.21. The van der Waals surface area contributed by atoms with Gasteiger partial charge in [0.1, 0.15) is 5.75 Å². The van der Waals surface area contributed by atoms with Gasteiger partial charge in [-0.2, -0.15) is 8.42 Å². The number of aryl methyl sites for hydroxylation is 1. The van der Waals surface area contributed by atoms with Crippen LogP contribution >= 0.6 is 0 Å². The van der Waals surface area contributed by atoms with Gasteiger partial charge >= 0.3 is 10.0 Å². The lowest BCUT2D eigenvalue weighted by molar-refractivity contribution is 0.0971. The molecule has 0 bridgehead atoms. The molecule has 1 N–H and O–H groups in total. The number of sulfonamides is 1. The first-order chi connectivity index (χ1) is 10.8. The number of rotatable bonds is 3. The van der Waals surface area contributed by atoms with Crippen molar-refractivity contribution in [2.75, 3.05) is 7.11 Å². The van der Waals surface area contributed by atoms with Crippen LogP contribution in [-0.2, 0) is 10.0 Å². The van der Waals surface area contributed by atoms with Crippen molar-refractivity contribution in [2.24, 2.45) is 0 Å². The number of benzene rings is 2. The van der Waals surface area contributed by atoms with E-state index in [1.54, 1.807) is 29.8 Å². The van der Waals surface area contributed by atoms with Gasteiger partial charge in [-0.15, -0.1) is 0 Å². The summed E-state index contributed by atoms with van der Waals surface area (Å²) in [6.45, 7) is 1.62. The summed E-state index contributed by atoms with van der Waals surface area (Å²) < 4.78 is 30.9. The maximum absolute atomic E-state index is 12.1. The minimum atomic E-state index is -4.47. The zero-order valence-electron chi connectivity index (χ0n) is 12.6. The van der Waals surface area contributed by atoms with E-state index in [4.69, 9.17) is 4.74 Å². The lowest BCUT2D eigenvalue weighted by Crippen LogP contribution is -2.36. The minimum absolute atomic E-state index is 0.0301. The van der Waals surface area contributed by atoms with Gasteiger partial charge in [0, 0.05) is 11.1 Å². The Morgan fingerprint density at radius 3 is 2.17 bits per heavy atom. The number of hydrogen-bond donors (Lipinski definition) is 1. The third kappa shape index (κ3) is 3.75. The molecule has 2 rings (SSSR count). The molecule has 0 spiro atoms. The van der Waals surface area contributed by atoms with E-state index in [0.717, 1.165) is 0 Å². The van der Waals surface area contributed by atoms with Crippen LogP contribution in [0.15, 0.2) is 48.5 Å². The summed E-state index contributed by atoms with van der Waals surface area (Å²) in [6.07, 6.45) is 0. The average Bonchev–Trinajstić information content (AvgIpc) is 2.54. The Kier molecular flexibility index (Phi) is 4.80. The maximum atomic E-state index is 12.1. The van der Waals surface area contributed by atoms with Crippen LogP contribution in [-0.4, -0.2) is 26.6 Å². The van der Waals surface area contributed by atoms with Crippen molar-refractivity contribution in [2.45, 2.75) is 6.92 Å². The van der Waals surface area contributed by atoms with Gasteiger partial charge in [0.25, 0.3) is 11.0 Å². The molecule has 0 heterocycles. The fourth-order valence-electron chi connectivity index (χ4n) is 1.92. The average molecular weight is 333 g/mol. The van der Waals surface area contributed by atoms with Crippen molar-refractivity contribution in [1.29, 1.82) is 0 Å². The van der Waals surface area contributed by atoms with Gasteiger partial charge in [-0.05, 0) is 42.8 Å². The predicted octanol–water partition coefficient (Wildman–Crippen LogP) is 1.90. The Morgan fingerprint density at radius 2 is 1.61 bits per heavy atom. The lowest BCUT2D eigenvalue weighted by atomic mass is 10.1. The van der Waals surface area contributed by atoms with Crippen LogP contribution in [0.25, 0.3) is 0 Å². The van der Waals surface area contributed by atoms with E-state index in [-0.39, 0.29) is 11.1 Å². The van der Waals surface area contributed by atoms with E-state index < -0.39 is 21.0 Å². The van der Waals surface area contributed by atoms with Crippen molar-refractivity contribution >= 4 is 21.0 Å². The summed E-state index contributed by atoms with van der Waals surface area (Å²) in [7, 11) is -3.00. The number of nitrogens with one attached hydrogen (secondary N) is 1. The molecular formula is C16H15NO5S. The van der Waals surface area contributed by atoms with Crippen molar-refractivity contribution in [3.05, 3.63) is 65.2 Å². The molecule has 0 aliphatic rings. The summed E-state index contributed by atoms with van der Waals surface area (Å²) in [4.78, 5) is 24.1. The molecule has 0 radical (unpaired) electrons. The fraction of sp³-hybridized carbons (Fsp3) is 0.125. The zero-order valence-corrected chi connectivity index (χ0v) is 13.4. The predicted molar refractivity (Wildman–Crippen MR) is 84.9 cm³/mol. The number of methoxy groups -OCH3 is 1. The monoisotopic (exact) mass is 333 g/mol. The molecule has 0 aliphatic heterocycles. The molecule has 23 heavy (non-hydrogen) atoms. The van der Waals surface area contributed by atoms with Gasteiger partial charge in [-0.25, -0.2) is 4.72 Å². The van der Waals surface area contributed by atoms with Gasteiger partial charge < -0.3 is 4.74 Å². The molecule has 7 heteroatoms. The third-order valence-electron chi connectivity index (χ3n) is 3.19. The van der Waals surface area contributed by atoms with Crippen molar-refractivity contribution in [3.8, 4) is 5.75 Å². The minimum Gasteiger partial charge on any atom is -0.497 e. The molecule has 120 valence electrons. The summed E-state index contributed by atoms with van der Waals surface area (Å²) in [5.41, 5.74) is 0.647. The van der Waals surface area contributed by atoms with Crippen LogP contribution in [0.3, 0.4) is 0 Å². The van der Waals surface area contributed by atoms with E-state index in [1.165, 1.54) is 37.4 Å². The van der Waals surface area contributed by atoms with Crippen LogP contribution in [0, 0.1) is 6.92 Å². The van der Waals surface area contributed by atoms with Crippen molar-refractivity contribution < 1.29 is 22.7 Å². The van der Waals surface area contributed by atoms with Crippen molar-refractivity contribution in [3.63, 3.8) is 0 Å². The topological polar surface area (TPSA) is 89.5 Å². The van der Waals surface area contributed by atoms with Crippen LogP contribution in [0.1, 0.15) is 26.3 Å². The highest BCUT2D eigenvalue weighted by Crippen LogP contribution is 2.13. The first-order valence-corrected chi connectivity index (χ1v) is 8.14. The van der Waals surface area contributed by atoms with E-state index in [0.29, 0.717) is 11.3 Å². The number of carbonyl (C=O) groups is 2. The Labute approximate surface area is 134 Å². The number of amides is 1. The van der Waals surface area contributed by atoms with E-state index in [2.05, 4.69) is 0 Å². The normalized spacial score (nSPS) is 10.9. The number of carbonyl (C=O) groups excluding carboxylic acids is 2. The lowest BCUT2D eigenvalue weighted by Gasteiger charge is -2.08. The van der Waals surface area contributed by atoms with Gasteiger partial charge in [0.05, 0.1) is 7.11 Å². The number of ether oxygens (including phenoxy) is 1. The molecule has 0 saturated heterocycles. The smallest absolute Gasteiger partial charge is 0.303 e. The van der Waals surface area contributed by atoms with Crippen LogP contribution in [0.5, 0.6) is 5.75 Å². The zero-order chi connectivity index (χ0) is 17.0. The second-order valence-corrected chi connectivity index (χ2v) is 6.35. The summed E-state index contributed by atoms with van der Waals surface area (Å²) in [5.74, 6) is -0.352. The Hall–Kier alpha value is -2.67. The second-order valence-electron chi connectivity index (χ2n) is 4.77. The SMILES string of the molecule is COc1ccc(C(=O)NS(=O)(=O)C(=O)c2ccccc2C)cc1. The molecule has 2 aromatic carbocycles. The molecule has 0 atom stereocenters. The summed E-state index contributed by atoms with van der Waals surface area (Å²) in [5, 5.41) is -1.14. The molecule has 0 aliphatic carbocycles. The molecular weight excluding hydrogens is 318 g/mol. The molecule has 2 aromatic rings. The van der Waals surface area contributed by atoms with Gasteiger partial charge in [0.2, 0.25) is 0 Å². The third-order valence-corrected chi connectivity index (χ3v) is 4.35. The highest BCUT2D eigenvalue weighted by atomic mass is 32.2. The van der Waals surface area contributed by atoms with Gasteiger partial charge in [-0.3, -0.25) is 9.59 Å². The highest BCUT2D eigenvalue weighted by Gasteiger charge is 2.27. The Bertz CT molecular complexity index is 841. The summed E-state index contributed by atoms with van der Waals surface area (Å²) >= 11 is 0. The molecule has 0 aromatic heterocycles. The molecule has 6 nitrogen and oxygen atoms in total. The molecule has 0 unspecified atom stereocenters. The van der Waals surface area contributed by atoms with Crippen LogP contribution in [0.4, 0.5) is 0 Å². The standard InChI is InChI=1S/C16H15NO5S/c1-11-5-3-4-6-14(11)16(19)23(20,21)17-15(18)12-7-9-13(22-2)10-8-12/h3-10H,1-2H3,(H,17,18). The molecule has 0 fully saturated rings. The van der Waals surface area contributed by atoms with E-state index >= 15 is 0 Å². The van der Waals surface area contributed by atoms with Crippen molar-refractivity contribution in [1.82, 2.24) is 4.72 Å². The quantitative estimate of drug-likeness (QED) is 0.926. The first kappa shape index (κ1) is 16.7. The molecule has 1 amide bonds. The van der Waals surface area contributed by atoms with Gasteiger partial charge in [0.15, 0.2) is 0 Å². The highest BCUT2D eigenvalue weighted by molar-refractivity contribution is 8.05. The molecule has 0 saturated carbocycles. The van der Waals surface area contributed by atoms with Crippen LogP contribution in [0.2, 0.25) is 0 Å². The number of hydrogen-bond acceptors (Lipinski definition) is 5. The Morgan fingerprint density at radius 1 is 1.00 bits per heavy atom. The fourth-order valence-corrected chi connectivity index (χ4v) is 2.89. The summed E-state index contributed by atoms with van der Waals surface area (Å²) in [6, 6.07) is 12.1. The second kappa shape index (κ2) is 6.62. The van der Waals surface area contributed by atoms with E-state index in [9.17, 15) is 18.0 Å². The van der Waals surface area contributed by atoms with E-state index in [1.807, 2.05) is 0 Å². The van der Waals surface area contributed by atoms with Gasteiger partial charge in [-0.1, -0.05) is 18.2 Å². The van der Waals surface area contributed by atoms with Crippen LogP contribution < -0.4 is 9.46 Å². The first-order valence-electron chi connectivity index (χ1n) is 6.66.